The summed E-state index contributed by atoms with van der Waals surface area (Å²) in [4.78, 5) is 2.29. The minimum Gasteiger partial charge on any atom is -0.392 e. The highest BCUT2D eigenvalue weighted by Gasteiger charge is 2.31. The Hall–Kier alpha value is -1.72. The van der Waals surface area contributed by atoms with Gasteiger partial charge >= 0.3 is 0 Å². The van der Waals surface area contributed by atoms with Gasteiger partial charge in [-0.1, -0.05) is 32.9 Å². The Bertz CT molecular complexity index is 710. The first kappa shape index (κ1) is 17.1. The summed E-state index contributed by atoms with van der Waals surface area (Å²) in [5.74, 6) is -0.260. The molecule has 130 valence electrons. The van der Waals surface area contributed by atoms with Crippen LogP contribution in [0.3, 0.4) is 0 Å². The van der Waals surface area contributed by atoms with E-state index in [2.05, 4.69) is 23.8 Å². The minimum absolute atomic E-state index is 0.0295. The molecule has 1 aromatic carbocycles. The normalized spacial score (nSPS) is 18.9. The Labute approximate surface area is 142 Å². The van der Waals surface area contributed by atoms with Gasteiger partial charge in [-0.05, 0) is 30.4 Å². The van der Waals surface area contributed by atoms with Gasteiger partial charge in [-0.25, -0.2) is 9.07 Å². The van der Waals surface area contributed by atoms with Gasteiger partial charge in [0, 0.05) is 30.9 Å². The number of para-hydroxylation sites is 1. The van der Waals surface area contributed by atoms with Crippen LogP contribution in [0.4, 0.5) is 4.39 Å². The minimum atomic E-state index is -0.316. The zero-order chi connectivity index (χ0) is 17.3. The van der Waals surface area contributed by atoms with E-state index in [0.29, 0.717) is 12.2 Å². The second-order valence-electron chi connectivity index (χ2n) is 7.55. The molecule has 5 heteroatoms. The van der Waals surface area contributed by atoms with Crippen molar-refractivity contribution in [2.45, 2.75) is 46.3 Å². The van der Waals surface area contributed by atoms with Crippen LogP contribution in [-0.4, -0.2) is 39.0 Å². The molecule has 1 N–H and O–H groups in total. The lowest BCUT2D eigenvalue weighted by Crippen LogP contribution is -2.37. The van der Waals surface area contributed by atoms with E-state index < -0.39 is 0 Å². The molecule has 1 aliphatic heterocycles. The lowest BCUT2D eigenvalue weighted by Gasteiger charge is -2.30. The summed E-state index contributed by atoms with van der Waals surface area (Å²) < 4.78 is 15.9. The van der Waals surface area contributed by atoms with Gasteiger partial charge in [0.15, 0.2) is 0 Å². The van der Waals surface area contributed by atoms with Crippen molar-refractivity contribution in [1.29, 1.82) is 0 Å². The van der Waals surface area contributed by atoms with E-state index in [1.54, 1.807) is 16.8 Å². The molecule has 2 aromatic rings. The molecule has 1 aromatic heterocycles. The number of aliphatic hydroxyl groups is 1. The molecule has 0 aliphatic carbocycles. The van der Waals surface area contributed by atoms with Crippen LogP contribution < -0.4 is 0 Å². The number of rotatable bonds is 4. The van der Waals surface area contributed by atoms with Gasteiger partial charge < -0.3 is 5.11 Å². The molecule has 0 amide bonds. The molecule has 4 nitrogen and oxygen atoms in total. The van der Waals surface area contributed by atoms with Gasteiger partial charge in [-0.15, -0.1) is 0 Å². The molecule has 0 radical (unpaired) electrons. The van der Waals surface area contributed by atoms with Crippen LogP contribution in [0, 0.1) is 11.2 Å². The van der Waals surface area contributed by atoms with Crippen LogP contribution in [0.15, 0.2) is 30.5 Å². The summed E-state index contributed by atoms with van der Waals surface area (Å²) in [6, 6.07) is 6.76. The first-order valence-electron chi connectivity index (χ1n) is 8.61. The van der Waals surface area contributed by atoms with Gasteiger partial charge in [0.05, 0.1) is 12.3 Å². The number of aromatic nitrogens is 2. The molecule has 0 saturated carbocycles. The van der Waals surface area contributed by atoms with E-state index in [1.807, 2.05) is 19.2 Å². The molecule has 1 atom stereocenters. The van der Waals surface area contributed by atoms with Crippen LogP contribution in [0.5, 0.6) is 0 Å². The van der Waals surface area contributed by atoms with Gasteiger partial charge in [0.25, 0.3) is 0 Å². The number of nitrogens with zero attached hydrogens (tertiary/aromatic N) is 3. The summed E-state index contributed by atoms with van der Waals surface area (Å²) in [5.41, 5.74) is 2.71. The molecule has 2 heterocycles. The maximum atomic E-state index is 14.2. The van der Waals surface area contributed by atoms with Crippen molar-refractivity contribution < 1.29 is 9.50 Å². The van der Waals surface area contributed by atoms with Crippen molar-refractivity contribution in [2.24, 2.45) is 5.41 Å². The molecule has 0 bridgehead atoms. The van der Waals surface area contributed by atoms with E-state index in [-0.39, 0.29) is 17.3 Å². The van der Waals surface area contributed by atoms with Crippen LogP contribution in [-0.2, 0) is 13.0 Å². The Balaban J connectivity index is 1.97. The summed E-state index contributed by atoms with van der Waals surface area (Å²) >= 11 is 0. The maximum Gasteiger partial charge on any atom is 0.148 e. The first-order chi connectivity index (χ1) is 11.4. The van der Waals surface area contributed by atoms with Crippen LogP contribution in [0.25, 0.3) is 5.69 Å². The number of hydrogen-bond acceptors (Lipinski definition) is 3. The summed E-state index contributed by atoms with van der Waals surface area (Å²) in [7, 11) is 0. The third-order valence-electron chi connectivity index (χ3n) is 4.67. The molecule has 0 saturated heterocycles. The summed E-state index contributed by atoms with van der Waals surface area (Å²) in [5, 5.41) is 14.5. The van der Waals surface area contributed by atoms with E-state index in [0.717, 1.165) is 37.2 Å². The number of benzene rings is 1. The lowest BCUT2D eigenvalue weighted by atomic mass is 9.87. The monoisotopic (exact) mass is 331 g/mol. The highest BCUT2D eigenvalue weighted by atomic mass is 19.1. The van der Waals surface area contributed by atoms with E-state index in [4.69, 9.17) is 0 Å². The third kappa shape index (κ3) is 3.52. The lowest BCUT2D eigenvalue weighted by molar-refractivity contribution is 0.0849. The fourth-order valence-electron chi connectivity index (χ4n) is 3.53. The van der Waals surface area contributed by atoms with E-state index in [9.17, 15) is 9.50 Å². The van der Waals surface area contributed by atoms with E-state index >= 15 is 0 Å². The predicted octanol–water partition coefficient (Wildman–Crippen LogP) is 3.17. The van der Waals surface area contributed by atoms with Gasteiger partial charge in [0.1, 0.15) is 11.5 Å². The molecular weight excluding hydrogens is 305 g/mol. The standard InChI is InChI=1S/C19H26FN3O/c1-4-15(24)12-22-11-14-10-21-23(17-8-6-5-7-16(17)20)18(14)9-19(2,3)13-22/h5-8,10,15,24H,4,9,11-13H2,1-3H3/t15-/m1/s1. The van der Waals surface area contributed by atoms with Crippen molar-refractivity contribution in [3.63, 3.8) is 0 Å². The molecule has 24 heavy (non-hydrogen) atoms. The summed E-state index contributed by atoms with van der Waals surface area (Å²) in [6.45, 7) is 8.72. The Morgan fingerprint density at radius 3 is 2.79 bits per heavy atom. The van der Waals surface area contributed by atoms with Crippen LogP contribution in [0.2, 0.25) is 0 Å². The average Bonchev–Trinajstić information content (AvgIpc) is 2.83. The second kappa shape index (κ2) is 6.65. The molecule has 1 aliphatic rings. The average molecular weight is 331 g/mol. The number of aliphatic hydroxyl groups excluding tert-OH is 1. The topological polar surface area (TPSA) is 41.3 Å². The quantitative estimate of drug-likeness (QED) is 0.936. The fourth-order valence-corrected chi connectivity index (χ4v) is 3.53. The van der Waals surface area contributed by atoms with Gasteiger partial charge in [-0.2, -0.15) is 5.10 Å². The highest BCUT2D eigenvalue weighted by molar-refractivity contribution is 5.37. The van der Waals surface area contributed by atoms with Gasteiger partial charge in [0.2, 0.25) is 0 Å². The zero-order valence-electron chi connectivity index (χ0n) is 14.7. The fraction of sp³-hybridized carbons (Fsp3) is 0.526. The smallest absolute Gasteiger partial charge is 0.148 e. The number of β-amino-alcohol motifs (C(OH)–C–C–N with tert-alkyl or cyclic N) is 1. The summed E-state index contributed by atoms with van der Waals surface area (Å²) in [6.07, 6.45) is 3.10. The molecule has 0 unspecified atom stereocenters. The van der Waals surface area contributed by atoms with Crippen LogP contribution >= 0.6 is 0 Å². The van der Waals surface area contributed by atoms with Gasteiger partial charge in [-0.3, -0.25) is 4.90 Å². The Kier molecular flexibility index (Phi) is 4.74. The molecular formula is C19H26FN3O. The second-order valence-corrected chi connectivity index (χ2v) is 7.55. The van der Waals surface area contributed by atoms with Crippen molar-refractivity contribution in [3.8, 4) is 5.69 Å². The first-order valence-corrected chi connectivity index (χ1v) is 8.61. The SMILES string of the molecule is CC[C@@H](O)CN1Cc2cnn(-c3ccccc3F)c2CC(C)(C)C1. The Morgan fingerprint density at radius 1 is 1.33 bits per heavy atom. The molecule has 0 fully saturated rings. The molecule has 3 rings (SSSR count). The largest absolute Gasteiger partial charge is 0.392 e. The van der Waals surface area contributed by atoms with E-state index in [1.165, 1.54) is 6.07 Å². The van der Waals surface area contributed by atoms with Crippen molar-refractivity contribution in [2.75, 3.05) is 13.1 Å². The molecule has 0 spiro atoms. The van der Waals surface area contributed by atoms with Crippen LogP contribution in [0.1, 0.15) is 38.4 Å². The maximum absolute atomic E-state index is 14.2. The Morgan fingerprint density at radius 2 is 2.08 bits per heavy atom. The predicted molar refractivity (Wildman–Crippen MR) is 92.6 cm³/mol. The van der Waals surface area contributed by atoms with Crippen molar-refractivity contribution >= 4 is 0 Å². The number of halogens is 1. The third-order valence-corrected chi connectivity index (χ3v) is 4.67. The number of hydrogen-bond donors (Lipinski definition) is 1. The van der Waals surface area contributed by atoms with Crippen molar-refractivity contribution in [3.05, 3.63) is 47.5 Å². The number of fused-ring (bicyclic) bond motifs is 1. The highest BCUT2D eigenvalue weighted by Crippen LogP contribution is 2.32. The van der Waals surface area contributed by atoms with Crippen molar-refractivity contribution in [1.82, 2.24) is 14.7 Å². The zero-order valence-corrected chi connectivity index (χ0v) is 14.7.